The van der Waals surface area contributed by atoms with E-state index in [1.807, 2.05) is 32.0 Å². The maximum atomic E-state index is 11.9. The minimum atomic E-state index is 0.0601. The fraction of sp³-hybridized carbons (Fsp3) is 0.500. The van der Waals surface area contributed by atoms with Gasteiger partial charge in [0.15, 0.2) is 11.5 Å². The first-order valence-electron chi connectivity index (χ1n) is 6.47. The molecule has 5 heteroatoms. The molecule has 1 aromatic rings. The Labute approximate surface area is 113 Å². The molecule has 19 heavy (non-hydrogen) atoms. The molecule has 0 radical (unpaired) electrons. The summed E-state index contributed by atoms with van der Waals surface area (Å²) in [4.78, 5) is 13.6. The number of rotatable bonds is 4. The van der Waals surface area contributed by atoms with E-state index in [1.54, 1.807) is 11.9 Å². The van der Waals surface area contributed by atoms with Crippen LogP contribution in [-0.2, 0) is 4.79 Å². The standard InChI is InChI=1S/C14H20N2O3/c1-10(2)16(3)14(17)9-15-11-4-5-12-13(8-11)19-7-6-18-12/h4-5,8,10,15H,6-7,9H2,1-3H3. The molecule has 1 heterocycles. The summed E-state index contributed by atoms with van der Waals surface area (Å²) in [6.45, 7) is 5.39. The highest BCUT2D eigenvalue weighted by atomic mass is 16.6. The van der Waals surface area contributed by atoms with Gasteiger partial charge in [-0.25, -0.2) is 0 Å². The van der Waals surface area contributed by atoms with E-state index in [-0.39, 0.29) is 18.5 Å². The molecule has 0 fully saturated rings. The zero-order chi connectivity index (χ0) is 13.8. The monoisotopic (exact) mass is 264 g/mol. The van der Waals surface area contributed by atoms with Crippen molar-refractivity contribution in [1.82, 2.24) is 4.90 Å². The molecule has 0 saturated heterocycles. The molecule has 0 bridgehead atoms. The van der Waals surface area contributed by atoms with Gasteiger partial charge in [-0.2, -0.15) is 0 Å². The molecule has 2 rings (SSSR count). The molecule has 1 aliphatic heterocycles. The SMILES string of the molecule is CC(C)N(C)C(=O)CNc1ccc2c(c1)OCCO2. The summed E-state index contributed by atoms with van der Waals surface area (Å²) in [5.74, 6) is 1.54. The zero-order valence-electron chi connectivity index (χ0n) is 11.6. The van der Waals surface area contributed by atoms with Crippen LogP contribution in [0.4, 0.5) is 5.69 Å². The Morgan fingerprint density at radius 1 is 1.32 bits per heavy atom. The zero-order valence-corrected chi connectivity index (χ0v) is 11.6. The second-order valence-corrected chi connectivity index (χ2v) is 4.81. The number of nitrogens with one attached hydrogen (secondary N) is 1. The van der Waals surface area contributed by atoms with E-state index in [9.17, 15) is 4.79 Å². The van der Waals surface area contributed by atoms with Gasteiger partial charge < -0.3 is 19.7 Å². The number of fused-ring (bicyclic) bond motifs is 1. The second-order valence-electron chi connectivity index (χ2n) is 4.81. The summed E-state index contributed by atoms with van der Waals surface area (Å²) in [5, 5.41) is 3.10. The average Bonchev–Trinajstić information content (AvgIpc) is 2.43. The third-order valence-corrected chi connectivity index (χ3v) is 3.15. The lowest BCUT2D eigenvalue weighted by atomic mass is 10.2. The van der Waals surface area contributed by atoms with Crippen LogP contribution in [0.2, 0.25) is 0 Å². The van der Waals surface area contributed by atoms with E-state index in [1.165, 1.54) is 0 Å². The molecule has 0 aliphatic carbocycles. The van der Waals surface area contributed by atoms with Crippen LogP contribution in [0, 0.1) is 0 Å². The lowest BCUT2D eigenvalue weighted by Gasteiger charge is -2.22. The van der Waals surface area contributed by atoms with Crippen LogP contribution in [0.3, 0.4) is 0 Å². The molecule has 0 saturated carbocycles. The van der Waals surface area contributed by atoms with Crippen LogP contribution in [0.25, 0.3) is 0 Å². The van der Waals surface area contributed by atoms with Gasteiger partial charge in [-0.1, -0.05) is 0 Å². The summed E-state index contributed by atoms with van der Waals surface area (Å²) < 4.78 is 10.9. The van der Waals surface area contributed by atoms with E-state index in [4.69, 9.17) is 9.47 Å². The smallest absolute Gasteiger partial charge is 0.241 e. The number of hydrogen-bond acceptors (Lipinski definition) is 4. The Bertz CT molecular complexity index is 460. The number of hydrogen-bond donors (Lipinski definition) is 1. The summed E-state index contributed by atoms with van der Waals surface area (Å²) in [6.07, 6.45) is 0. The van der Waals surface area contributed by atoms with Gasteiger partial charge in [-0.15, -0.1) is 0 Å². The first kappa shape index (κ1) is 13.5. The molecule has 0 spiro atoms. The van der Waals surface area contributed by atoms with Crippen molar-refractivity contribution in [3.8, 4) is 11.5 Å². The first-order valence-corrected chi connectivity index (χ1v) is 6.47. The van der Waals surface area contributed by atoms with Crippen molar-refractivity contribution in [2.75, 3.05) is 32.1 Å². The Kier molecular flexibility index (Phi) is 4.14. The summed E-state index contributed by atoms with van der Waals surface area (Å²) >= 11 is 0. The molecule has 5 nitrogen and oxygen atoms in total. The number of nitrogens with zero attached hydrogens (tertiary/aromatic N) is 1. The quantitative estimate of drug-likeness (QED) is 0.900. The molecular weight excluding hydrogens is 244 g/mol. The second kappa shape index (κ2) is 5.82. The highest BCUT2D eigenvalue weighted by molar-refractivity contribution is 5.81. The van der Waals surface area contributed by atoms with Crippen LogP contribution in [0.1, 0.15) is 13.8 Å². The lowest BCUT2D eigenvalue weighted by molar-refractivity contribution is -0.129. The van der Waals surface area contributed by atoms with Crippen LogP contribution in [0.15, 0.2) is 18.2 Å². The van der Waals surface area contributed by atoms with E-state index >= 15 is 0 Å². The van der Waals surface area contributed by atoms with Gasteiger partial charge in [-0.3, -0.25) is 4.79 Å². The van der Waals surface area contributed by atoms with Crippen molar-refractivity contribution in [2.45, 2.75) is 19.9 Å². The Hall–Kier alpha value is -1.91. The van der Waals surface area contributed by atoms with Crippen molar-refractivity contribution >= 4 is 11.6 Å². The predicted molar refractivity (Wildman–Crippen MR) is 73.8 cm³/mol. The molecule has 1 aromatic carbocycles. The minimum absolute atomic E-state index is 0.0601. The topological polar surface area (TPSA) is 50.8 Å². The molecular formula is C14H20N2O3. The van der Waals surface area contributed by atoms with E-state index in [0.29, 0.717) is 13.2 Å². The van der Waals surface area contributed by atoms with Crippen LogP contribution in [-0.4, -0.2) is 43.7 Å². The average molecular weight is 264 g/mol. The van der Waals surface area contributed by atoms with Gasteiger partial charge in [0.2, 0.25) is 5.91 Å². The predicted octanol–water partition coefficient (Wildman–Crippen LogP) is 1.74. The molecule has 1 N–H and O–H groups in total. The van der Waals surface area contributed by atoms with Gasteiger partial charge in [0, 0.05) is 24.8 Å². The molecule has 0 atom stereocenters. The number of carbonyl (C=O) groups is 1. The number of anilines is 1. The third-order valence-electron chi connectivity index (χ3n) is 3.15. The highest BCUT2D eigenvalue weighted by Crippen LogP contribution is 2.32. The maximum absolute atomic E-state index is 11.9. The number of benzene rings is 1. The number of carbonyl (C=O) groups excluding carboxylic acids is 1. The largest absolute Gasteiger partial charge is 0.486 e. The Balaban J connectivity index is 1.95. The number of ether oxygens (including phenoxy) is 2. The maximum Gasteiger partial charge on any atom is 0.241 e. The molecule has 1 amide bonds. The van der Waals surface area contributed by atoms with Crippen LogP contribution < -0.4 is 14.8 Å². The normalized spacial score (nSPS) is 13.3. The molecule has 0 unspecified atom stereocenters. The van der Waals surface area contributed by atoms with Crippen molar-refractivity contribution in [3.05, 3.63) is 18.2 Å². The van der Waals surface area contributed by atoms with E-state index in [2.05, 4.69) is 5.32 Å². The molecule has 1 aliphatic rings. The van der Waals surface area contributed by atoms with Gasteiger partial charge in [-0.05, 0) is 26.0 Å². The molecule has 104 valence electrons. The van der Waals surface area contributed by atoms with Crippen molar-refractivity contribution < 1.29 is 14.3 Å². The van der Waals surface area contributed by atoms with Gasteiger partial charge >= 0.3 is 0 Å². The van der Waals surface area contributed by atoms with E-state index < -0.39 is 0 Å². The van der Waals surface area contributed by atoms with Crippen molar-refractivity contribution in [1.29, 1.82) is 0 Å². The van der Waals surface area contributed by atoms with Crippen molar-refractivity contribution in [2.24, 2.45) is 0 Å². The van der Waals surface area contributed by atoms with Gasteiger partial charge in [0.05, 0.1) is 6.54 Å². The summed E-state index contributed by atoms with van der Waals surface area (Å²) in [7, 11) is 1.80. The third kappa shape index (κ3) is 3.30. The summed E-state index contributed by atoms with van der Waals surface area (Å²) in [5.41, 5.74) is 0.856. The van der Waals surface area contributed by atoms with E-state index in [0.717, 1.165) is 17.2 Å². The van der Waals surface area contributed by atoms with Crippen LogP contribution in [0.5, 0.6) is 11.5 Å². The lowest BCUT2D eigenvalue weighted by Crippen LogP contribution is -2.37. The first-order chi connectivity index (χ1) is 9.08. The Morgan fingerprint density at radius 2 is 2.00 bits per heavy atom. The number of amides is 1. The number of likely N-dealkylation sites (N-methyl/N-ethyl adjacent to an activating group) is 1. The summed E-state index contributed by atoms with van der Waals surface area (Å²) in [6, 6.07) is 5.80. The minimum Gasteiger partial charge on any atom is -0.486 e. The van der Waals surface area contributed by atoms with Gasteiger partial charge in [0.25, 0.3) is 0 Å². The fourth-order valence-corrected chi connectivity index (χ4v) is 1.74. The fourth-order valence-electron chi connectivity index (χ4n) is 1.74. The van der Waals surface area contributed by atoms with Crippen LogP contribution >= 0.6 is 0 Å². The van der Waals surface area contributed by atoms with Gasteiger partial charge in [0.1, 0.15) is 13.2 Å². The van der Waals surface area contributed by atoms with Crippen molar-refractivity contribution in [3.63, 3.8) is 0 Å². The Morgan fingerprint density at radius 3 is 2.68 bits per heavy atom. The highest BCUT2D eigenvalue weighted by Gasteiger charge is 2.14. The molecule has 0 aromatic heterocycles.